The van der Waals surface area contributed by atoms with Gasteiger partial charge in [0.2, 0.25) is 0 Å². The van der Waals surface area contributed by atoms with E-state index < -0.39 is 0 Å². The topological polar surface area (TPSA) is 51.1 Å². The van der Waals surface area contributed by atoms with E-state index in [9.17, 15) is 4.79 Å². The highest BCUT2D eigenvalue weighted by molar-refractivity contribution is 6.36. The third kappa shape index (κ3) is 1.34. The fourth-order valence-corrected chi connectivity index (χ4v) is 3.15. The Balaban J connectivity index is 1.76. The maximum absolute atomic E-state index is 11.4. The highest BCUT2D eigenvalue weighted by Crippen LogP contribution is 2.43. The zero-order chi connectivity index (χ0) is 11.2. The van der Waals surface area contributed by atoms with Crippen molar-refractivity contribution in [2.24, 2.45) is 11.1 Å². The average molecular weight is 224 g/mol. The van der Waals surface area contributed by atoms with Crippen LogP contribution in [0.3, 0.4) is 0 Å². The summed E-state index contributed by atoms with van der Waals surface area (Å²) in [5.74, 6) is 0.191. The van der Waals surface area contributed by atoms with Gasteiger partial charge in [-0.1, -0.05) is 5.16 Å². The van der Waals surface area contributed by atoms with Crippen LogP contribution in [0.5, 0.6) is 0 Å². The minimum absolute atomic E-state index is 0.236. The number of methoxy groups -OCH3 is 1. The van der Waals surface area contributed by atoms with Crippen molar-refractivity contribution in [2.45, 2.75) is 24.9 Å². The molecule has 0 aromatic heterocycles. The molecular formula is C11H16N2O3. The number of rotatable bonds is 1. The first-order chi connectivity index (χ1) is 7.73. The highest BCUT2D eigenvalue weighted by atomic mass is 16.7. The molecule has 0 amide bonds. The van der Waals surface area contributed by atoms with Gasteiger partial charge in [-0.15, -0.1) is 0 Å². The molecule has 4 aliphatic rings. The standard InChI is InChI=1S/C11H16N2O3/c1-15-10(14)9-6-11(16-12-9)7-13-4-2-8(11)3-5-13/h8H,2-7H2,1H3. The number of carbonyl (C=O) groups is 1. The van der Waals surface area contributed by atoms with Crippen LogP contribution in [0, 0.1) is 5.92 Å². The fraction of sp³-hybridized carbons (Fsp3) is 0.818. The molecule has 5 nitrogen and oxygen atoms in total. The van der Waals surface area contributed by atoms with Crippen molar-refractivity contribution in [2.75, 3.05) is 26.7 Å². The van der Waals surface area contributed by atoms with E-state index in [1.807, 2.05) is 0 Å². The van der Waals surface area contributed by atoms with E-state index >= 15 is 0 Å². The molecule has 4 aliphatic heterocycles. The molecule has 88 valence electrons. The molecule has 16 heavy (non-hydrogen) atoms. The molecule has 1 spiro atoms. The molecule has 0 saturated carbocycles. The van der Waals surface area contributed by atoms with Crippen LogP contribution < -0.4 is 0 Å². The number of ether oxygens (including phenoxy) is 1. The smallest absolute Gasteiger partial charge is 0.355 e. The minimum Gasteiger partial charge on any atom is -0.464 e. The molecule has 5 heteroatoms. The molecule has 2 bridgehead atoms. The van der Waals surface area contributed by atoms with Crippen LogP contribution in [0.4, 0.5) is 0 Å². The Morgan fingerprint density at radius 1 is 1.56 bits per heavy atom. The molecule has 3 fully saturated rings. The van der Waals surface area contributed by atoms with Crippen LogP contribution in [0.2, 0.25) is 0 Å². The van der Waals surface area contributed by atoms with Crippen molar-refractivity contribution < 1.29 is 14.4 Å². The summed E-state index contributed by atoms with van der Waals surface area (Å²) in [7, 11) is 1.38. The van der Waals surface area contributed by atoms with Crippen molar-refractivity contribution in [3.8, 4) is 0 Å². The number of piperidine rings is 3. The van der Waals surface area contributed by atoms with Crippen molar-refractivity contribution >= 4 is 11.7 Å². The Kier molecular flexibility index (Phi) is 2.17. The Morgan fingerprint density at radius 2 is 2.31 bits per heavy atom. The number of carbonyl (C=O) groups excluding carboxylic acids is 1. The normalized spacial score (nSPS) is 40.7. The lowest BCUT2D eigenvalue weighted by molar-refractivity contribution is -0.136. The Bertz CT molecular complexity index is 347. The molecule has 4 rings (SSSR count). The van der Waals surface area contributed by atoms with Crippen molar-refractivity contribution in [3.63, 3.8) is 0 Å². The monoisotopic (exact) mass is 224 g/mol. The maximum atomic E-state index is 11.4. The van der Waals surface area contributed by atoms with E-state index in [1.165, 1.54) is 7.11 Å². The van der Waals surface area contributed by atoms with Crippen LogP contribution in [0.25, 0.3) is 0 Å². The van der Waals surface area contributed by atoms with Crippen LogP contribution >= 0.6 is 0 Å². The lowest BCUT2D eigenvalue weighted by Gasteiger charge is -2.49. The largest absolute Gasteiger partial charge is 0.464 e. The second-order valence-electron chi connectivity index (χ2n) is 4.91. The molecular weight excluding hydrogens is 208 g/mol. The summed E-state index contributed by atoms with van der Waals surface area (Å²) < 4.78 is 4.68. The number of oxime groups is 1. The lowest BCUT2D eigenvalue weighted by atomic mass is 9.73. The van der Waals surface area contributed by atoms with Gasteiger partial charge in [-0.25, -0.2) is 4.79 Å². The first-order valence-corrected chi connectivity index (χ1v) is 5.79. The average Bonchev–Trinajstić information content (AvgIpc) is 2.74. The van der Waals surface area contributed by atoms with E-state index in [1.54, 1.807) is 0 Å². The molecule has 0 aromatic carbocycles. The summed E-state index contributed by atoms with van der Waals surface area (Å²) in [5.41, 5.74) is 0.205. The van der Waals surface area contributed by atoms with Crippen LogP contribution in [-0.2, 0) is 14.4 Å². The Hall–Kier alpha value is -1.10. The van der Waals surface area contributed by atoms with Gasteiger partial charge in [-0.3, -0.25) is 4.90 Å². The summed E-state index contributed by atoms with van der Waals surface area (Å²) in [6.45, 7) is 3.22. The summed E-state index contributed by atoms with van der Waals surface area (Å²) >= 11 is 0. The van der Waals surface area contributed by atoms with Gasteiger partial charge in [0, 0.05) is 18.9 Å². The van der Waals surface area contributed by atoms with Gasteiger partial charge in [0.1, 0.15) is 0 Å². The summed E-state index contributed by atoms with van der Waals surface area (Å²) in [5, 5.41) is 3.92. The van der Waals surface area contributed by atoms with Gasteiger partial charge < -0.3 is 9.57 Å². The molecule has 3 saturated heterocycles. The minimum atomic E-state index is -0.353. The highest BCUT2D eigenvalue weighted by Gasteiger charge is 2.53. The van der Waals surface area contributed by atoms with E-state index in [4.69, 9.17) is 4.84 Å². The van der Waals surface area contributed by atoms with Crippen LogP contribution in [0.1, 0.15) is 19.3 Å². The number of hydrogen-bond donors (Lipinski definition) is 0. The fourth-order valence-electron chi connectivity index (χ4n) is 3.15. The van der Waals surface area contributed by atoms with Gasteiger partial charge in [0.25, 0.3) is 0 Å². The van der Waals surface area contributed by atoms with Gasteiger partial charge >= 0.3 is 5.97 Å². The number of esters is 1. The van der Waals surface area contributed by atoms with Gasteiger partial charge in [0.15, 0.2) is 11.3 Å². The van der Waals surface area contributed by atoms with Gasteiger partial charge in [-0.2, -0.15) is 0 Å². The molecule has 0 radical (unpaired) electrons. The lowest BCUT2D eigenvalue weighted by Crippen LogP contribution is -2.59. The van der Waals surface area contributed by atoms with Gasteiger partial charge in [0.05, 0.1) is 7.11 Å². The Morgan fingerprint density at radius 3 is 2.88 bits per heavy atom. The zero-order valence-electron chi connectivity index (χ0n) is 9.44. The molecule has 1 unspecified atom stereocenters. The van der Waals surface area contributed by atoms with Gasteiger partial charge in [-0.05, 0) is 25.9 Å². The number of nitrogens with zero attached hydrogens (tertiary/aromatic N) is 2. The third-order valence-electron chi connectivity index (χ3n) is 4.05. The van der Waals surface area contributed by atoms with Crippen LogP contribution in [0.15, 0.2) is 5.16 Å². The molecule has 1 atom stereocenters. The predicted molar refractivity (Wildman–Crippen MR) is 57.0 cm³/mol. The second kappa shape index (κ2) is 3.45. The first-order valence-electron chi connectivity index (χ1n) is 5.79. The quantitative estimate of drug-likeness (QED) is 0.605. The maximum Gasteiger partial charge on any atom is 0.355 e. The van der Waals surface area contributed by atoms with Crippen molar-refractivity contribution in [3.05, 3.63) is 0 Å². The molecule has 0 aromatic rings. The SMILES string of the molecule is COC(=O)C1=NOC2(C1)CN1CCC2CC1. The van der Waals surface area contributed by atoms with E-state index in [0.717, 1.165) is 32.5 Å². The van der Waals surface area contributed by atoms with Crippen molar-refractivity contribution in [1.29, 1.82) is 0 Å². The molecule has 4 heterocycles. The molecule has 0 aliphatic carbocycles. The first kappa shape index (κ1) is 10.1. The second-order valence-corrected chi connectivity index (χ2v) is 4.91. The zero-order valence-corrected chi connectivity index (χ0v) is 9.44. The summed E-state index contributed by atoms with van der Waals surface area (Å²) in [4.78, 5) is 19.4. The number of fused-ring (bicyclic) bond motifs is 2. The summed E-state index contributed by atoms with van der Waals surface area (Å²) in [6, 6.07) is 0. The molecule has 0 N–H and O–H groups in total. The van der Waals surface area contributed by atoms with Crippen molar-refractivity contribution in [1.82, 2.24) is 4.90 Å². The van der Waals surface area contributed by atoms with E-state index in [-0.39, 0.29) is 11.6 Å². The number of hydrogen-bond acceptors (Lipinski definition) is 5. The van der Waals surface area contributed by atoms with E-state index in [2.05, 4.69) is 14.8 Å². The van der Waals surface area contributed by atoms with Crippen LogP contribution in [-0.4, -0.2) is 48.9 Å². The van der Waals surface area contributed by atoms with E-state index in [0.29, 0.717) is 18.1 Å². The predicted octanol–water partition coefficient (Wildman–Crippen LogP) is 0.400. The third-order valence-corrected chi connectivity index (χ3v) is 4.05. The summed E-state index contributed by atoms with van der Waals surface area (Å²) in [6.07, 6.45) is 2.93. The Labute approximate surface area is 94.4 Å².